The molecule has 1 aromatic heterocycles. The van der Waals surface area contributed by atoms with Gasteiger partial charge >= 0.3 is 0 Å². The van der Waals surface area contributed by atoms with Crippen molar-refractivity contribution in [2.45, 2.75) is 26.9 Å². The molecule has 0 aromatic carbocycles. The molecule has 2 rings (SSSR count). The summed E-state index contributed by atoms with van der Waals surface area (Å²) in [5.74, 6) is 0.193. The summed E-state index contributed by atoms with van der Waals surface area (Å²) in [7, 11) is 1.74. The lowest BCUT2D eigenvalue weighted by Crippen LogP contribution is -2.35. The molecule has 0 radical (unpaired) electrons. The van der Waals surface area contributed by atoms with Crippen LogP contribution in [0.2, 0.25) is 0 Å². The molecule has 0 unspecified atom stereocenters. The second-order valence-electron chi connectivity index (χ2n) is 5.18. The number of nitrogens with zero attached hydrogens (tertiary/aromatic N) is 1. The standard InChI is InChI=1S/C13H19N3O2/c1-8(2)7-16(3)13(18)11-10-6-14-4-9(10)5-15-12(11)17/h5,8,14H,4,6-7H2,1-3H3,(H,15,17). The van der Waals surface area contributed by atoms with Crippen LogP contribution in [0.4, 0.5) is 0 Å². The molecule has 18 heavy (non-hydrogen) atoms. The Morgan fingerprint density at radius 2 is 2.17 bits per heavy atom. The first kappa shape index (κ1) is 12.8. The van der Waals surface area contributed by atoms with E-state index >= 15 is 0 Å². The van der Waals surface area contributed by atoms with Gasteiger partial charge in [0.15, 0.2) is 0 Å². The Morgan fingerprint density at radius 3 is 2.83 bits per heavy atom. The van der Waals surface area contributed by atoms with Crippen molar-refractivity contribution in [3.05, 3.63) is 33.2 Å². The number of rotatable bonds is 3. The van der Waals surface area contributed by atoms with Gasteiger partial charge < -0.3 is 15.2 Å². The molecule has 2 N–H and O–H groups in total. The van der Waals surface area contributed by atoms with E-state index < -0.39 is 0 Å². The predicted molar refractivity (Wildman–Crippen MR) is 69.4 cm³/mol. The number of carbonyl (C=O) groups is 1. The molecule has 1 aliphatic rings. The summed E-state index contributed by atoms with van der Waals surface area (Å²) in [6, 6.07) is 0. The lowest BCUT2D eigenvalue weighted by Gasteiger charge is -2.20. The van der Waals surface area contributed by atoms with Crippen molar-refractivity contribution in [2.24, 2.45) is 5.92 Å². The van der Waals surface area contributed by atoms with Gasteiger partial charge in [0, 0.05) is 32.9 Å². The van der Waals surface area contributed by atoms with Crippen LogP contribution in [0.5, 0.6) is 0 Å². The minimum Gasteiger partial charge on any atom is -0.341 e. The SMILES string of the molecule is CC(C)CN(C)C(=O)c1c2c(c[nH]c1=O)CNC2. The van der Waals surface area contributed by atoms with Gasteiger partial charge in [0.05, 0.1) is 0 Å². The van der Waals surface area contributed by atoms with E-state index in [-0.39, 0.29) is 11.5 Å². The molecule has 5 heteroatoms. The van der Waals surface area contributed by atoms with E-state index in [1.54, 1.807) is 18.1 Å². The van der Waals surface area contributed by atoms with E-state index in [0.717, 1.165) is 11.1 Å². The highest BCUT2D eigenvalue weighted by Crippen LogP contribution is 2.17. The zero-order valence-corrected chi connectivity index (χ0v) is 11.0. The number of pyridine rings is 1. The normalized spacial score (nSPS) is 13.8. The van der Waals surface area contributed by atoms with E-state index in [1.807, 2.05) is 13.8 Å². The molecule has 1 aromatic rings. The highest BCUT2D eigenvalue weighted by molar-refractivity contribution is 5.95. The monoisotopic (exact) mass is 249 g/mol. The third kappa shape index (κ3) is 2.31. The molecule has 0 spiro atoms. The maximum atomic E-state index is 12.3. The molecule has 0 fully saturated rings. The molecule has 2 heterocycles. The Balaban J connectivity index is 2.36. The summed E-state index contributed by atoms with van der Waals surface area (Å²) in [4.78, 5) is 28.5. The fourth-order valence-corrected chi connectivity index (χ4v) is 2.34. The highest BCUT2D eigenvalue weighted by Gasteiger charge is 2.24. The Hall–Kier alpha value is -1.62. The van der Waals surface area contributed by atoms with Gasteiger partial charge in [-0.25, -0.2) is 0 Å². The number of nitrogens with one attached hydrogen (secondary N) is 2. The third-order valence-electron chi connectivity index (χ3n) is 3.11. The van der Waals surface area contributed by atoms with Crippen molar-refractivity contribution in [1.82, 2.24) is 15.2 Å². The van der Waals surface area contributed by atoms with Crippen LogP contribution in [-0.2, 0) is 13.1 Å². The molecule has 1 amide bonds. The Labute approximate surface area is 106 Å². The van der Waals surface area contributed by atoms with E-state index in [2.05, 4.69) is 10.3 Å². The number of carbonyl (C=O) groups excluding carboxylic acids is 1. The molecular weight excluding hydrogens is 230 g/mol. The van der Waals surface area contributed by atoms with Crippen molar-refractivity contribution in [2.75, 3.05) is 13.6 Å². The van der Waals surface area contributed by atoms with Crippen molar-refractivity contribution in [1.29, 1.82) is 0 Å². The molecule has 5 nitrogen and oxygen atoms in total. The number of hydrogen-bond donors (Lipinski definition) is 2. The topological polar surface area (TPSA) is 65.2 Å². The van der Waals surface area contributed by atoms with Gasteiger partial charge in [-0.2, -0.15) is 0 Å². The second kappa shape index (κ2) is 4.94. The fourth-order valence-electron chi connectivity index (χ4n) is 2.34. The van der Waals surface area contributed by atoms with Gasteiger partial charge in [0.25, 0.3) is 11.5 Å². The fraction of sp³-hybridized carbons (Fsp3) is 0.538. The molecular formula is C13H19N3O2. The van der Waals surface area contributed by atoms with E-state index in [4.69, 9.17) is 0 Å². The minimum absolute atomic E-state index is 0.189. The van der Waals surface area contributed by atoms with Gasteiger partial charge in [-0.1, -0.05) is 13.8 Å². The van der Waals surface area contributed by atoms with Crippen LogP contribution in [0.25, 0.3) is 0 Å². The quantitative estimate of drug-likeness (QED) is 0.829. The summed E-state index contributed by atoms with van der Waals surface area (Å²) in [6.45, 7) is 6.04. The highest BCUT2D eigenvalue weighted by atomic mass is 16.2. The van der Waals surface area contributed by atoms with Crippen molar-refractivity contribution in [3.8, 4) is 0 Å². The van der Waals surface area contributed by atoms with Crippen LogP contribution < -0.4 is 10.9 Å². The van der Waals surface area contributed by atoms with Gasteiger partial charge in [-0.15, -0.1) is 0 Å². The van der Waals surface area contributed by atoms with Crippen LogP contribution in [0.15, 0.2) is 11.0 Å². The average molecular weight is 249 g/mol. The lowest BCUT2D eigenvalue weighted by atomic mass is 10.1. The van der Waals surface area contributed by atoms with Crippen molar-refractivity contribution in [3.63, 3.8) is 0 Å². The molecule has 1 aliphatic heterocycles. The number of hydrogen-bond acceptors (Lipinski definition) is 3. The number of aromatic nitrogens is 1. The first-order chi connectivity index (χ1) is 8.50. The summed E-state index contributed by atoms with van der Waals surface area (Å²) in [5, 5.41) is 3.16. The molecule has 0 saturated carbocycles. The van der Waals surface area contributed by atoms with Crippen LogP contribution >= 0.6 is 0 Å². The summed E-state index contributed by atoms with van der Waals surface area (Å²) < 4.78 is 0. The number of amides is 1. The molecule has 0 atom stereocenters. The molecule has 0 aliphatic carbocycles. The third-order valence-corrected chi connectivity index (χ3v) is 3.11. The van der Waals surface area contributed by atoms with Crippen LogP contribution in [-0.4, -0.2) is 29.4 Å². The van der Waals surface area contributed by atoms with Gasteiger partial charge in [-0.05, 0) is 17.0 Å². The van der Waals surface area contributed by atoms with Crippen molar-refractivity contribution >= 4 is 5.91 Å². The largest absolute Gasteiger partial charge is 0.341 e. The first-order valence-corrected chi connectivity index (χ1v) is 6.20. The number of fused-ring (bicyclic) bond motifs is 1. The predicted octanol–water partition coefficient (Wildman–Crippen LogP) is 0.706. The Morgan fingerprint density at radius 1 is 1.44 bits per heavy atom. The summed E-state index contributed by atoms with van der Waals surface area (Å²) in [5.41, 5.74) is 1.86. The Bertz CT molecular complexity index is 519. The molecule has 98 valence electrons. The average Bonchev–Trinajstić information content (AvgIpc) is 2.75. The maximum absolute atomic E-state index is 12.3. The van der Waals surface area contributed by atoms with E-state index in [1.165, 1.54) is 0 Å². The summed E-state index contributed by atoms with van der Waals surface area (Å²) >= 11 is 0. The zero-order chi connectivity index (χ0) is 13.3. The lowest BCUT2D eigenvalue weighted by molar-refractivity contribution is 0.0776. The van der Waals surface area contributed by atoms with Crippen LogP contribution in [0, 0.1) is 5.92 Å². The molecule has 0 saturated heterocycles. The Kier molecular flexibility index (Phi) is 3.52. The smallest absolute Gasteiger partial charge is 0.261 e. The van der Waals surface area contributed by atoms with E-state index in [9.17, 15) is 9.59 Å². The maximum Gasteiger partial charge on any atom is 0.261 e. The van der Waals surface area contributed by atoms with Crippen LogP contribution in [0.1, 0.15) is 35.3 Å². The van der Waals surface area contributed by atoms with Gasteiger partial charge in [-0.3, -0.25) is 9.59 Å². The number of H-pyrrole nitrogens is 1. The zero-order valence-electron chi connectivity index (χ0n) is 11.0. The van der Waals surface area contributed by atoms with Crippen molar-refractivity contribution < 1.29 is 4.79 Å². The first-order valence-electron chi connectivity index (χ1n) is 6.20. The minimum atomic E-state index is -0.293. The second-order valence-corrected chi connectivity index (χ2v) is 5.18. The number of aromatic amines is 1. The van der Waals surface area contributed by atoms with Gasteiger partial charge in [0.1, 0.15) is 5.56 Å². The van der Waals surface area contributed by atoms with Gasteiger partial charge in [0.2, 0.25) is 0 Å². The molecule has 0 bridgehead atoms. The summed E-state index contributed by atoms with van der Waals surface area (Å²) in [6.07, 6.45) is 1.69. The van der Waals surface area contributed by atoms with E-state index in [0.29, 0.717) is 31.1 Å². The van der Waals surface area contributed by atoms with Crippen LogP contribution in [0.3, 0.4) is 0 Å².